The molecule has 0 bridgehead atoms. The van der Waals surface area contributed by atoms with E-state index < -0.39 is 0 Å². The van der Waals surface area contributed by atoms with Crippen molar-refractivity contribution in [1.82, 2.24) is 10.6 Å². The van der Waals surface area contributed by atoms with E-state index in [0.29, 0.717) is 11.6 Å². The summed E-state index contributed by atoms with van der Waals surface area (Å²) in [6.07, 6.45) is 4.18. The Morgan fingerprint density at radius 1 is 1.40 bits per heavy atom. The fourth-order valence-electron chi connectivity index (χ4n) is 2.08. The molecule has 1 heterocycles. The minimum atomic E-state index is 0.512. The predicted molar refractivity (Wildman–Crippen MR) is 42.0 cm³/mol. The lowest BCUT2D eigenvalue weighted by atomic mass is 9.75. The normalized spacial score (nSPS) is 37.5. The molecule has 0 aromatic rings. The Bertz CT molecular complexity index is 129. The van der Waals surface area contributed by atoms with E-state index in [4.69, 9.17) is 0 Å². The Morgan fingerprint density at radius 2 is 2.20 bits per heavy atom. The van der Waals surface area contributed by atoms with E-state index in [-0.39, 0.29) is 0 Å². The second-order valence-electron chi connectivity index (χ2n) is 3.81. The van der Waals surface area contributed by atoms with Gasteiger partial charge in [0, 0.05) is 24.7 Å². The fraction of sp³-hybridized carbons (Fsp3) is 1.00. The van der Waals surface area contributed by atoms with E-state index in [1.165, 1.54) is 25.8 Å². The van der Waals surface area contributed by atoms with Gasteiger partial charge in [-0.3, -0.25) is 0 Å². The van der Waals surface area contributed by atoms with E-state index in [1.807, 2.05) is 0 Å². The molecule has 2 nitrogen and oxygen atoms in total. The Labute approximate surface area is 62.4 Å². The van der Waals surface area contributed by atoms with Crippen molar-refractivity contribution in [1.29, 1.82) is 0 Å². The van der Waals surface area contributed by atoms with Gasteiger partial charge in [-0.1, -0.05) is 0 Å². The van der Waals surface area contributed by atoms with Crippen molar-refractivity contribution in [3.8, 4) is 0 Å². The number of rotatable bonds is 0. The van der Waals surface area contributed by atoms with Crippen molar-refractivity contribution in [2.75, 3.05) is 13.1 Å². The first kappa shape index (κ1) is 6.62. The maximum absolute atomic E-state index is 3.67. The van der Waals surface area contributed by atoms with E-state index in [0.717, 1.165) is 6.54 Å². The van der Waals surface area contributed by atoms with Crippen LogP contribution in [0.2, 0.25) is 0 Å². The topological polar surface area (TPSA) is 24.1 Å². The first-order valence-electron chi connectivity index (χ1n) is 4.29. The maximum Gasteiger partial charge on any atom is 0.0309 e. The van der Waals surface area contributed by atoms with Crippen LogP contribution in [-0.2, 0) is 0 Å². The van der Waals surface area contributed by atoms with Gasteiger partial charge < -0.3 is 10.6 Å². The number of piperazine rings is 1. The van der Waals surface area contributed by atoms with Crippen LogP contribution < -0.4 is 10.6 Å². The van der Waals surface area contributed by atoms with Crippen LogP contribution in [0, 0.1) is 0 Å². The van der Waals surface area contributed by atoms with Crippen LogP contribution in [0.15, 0.2) is 0 Å². The molecule has 1 spiro atoms. The van der Waals surface area contributed by atoms with E-state index in [1.54, 1.807) is 0 Å². The lowest BCUT2D eigenvalue weighted by Gasteiger charge is -2.48. The molecule has 10 heavy (non-hydrogen) atoms. The number of nitrogens with one attached hydrogen (secondary N) is 2. The molecule has 0 aromatic carbocycles. The highest BCUT2D eigenvalue weighted by molar-refractivity contribution is 5.01. The minimum absolute atomic E-state index is 0.512. The zero-order valence-electron chi connectivity index (χ0n) is 6.61. The smallest absolute Gasteiger partial charge is 0.0309 e. The quantitative estimate of drug-likeness (QED) is 0.511. The molecule has 1 aliphatic carbocycles. The minimum Gasteiger partial charge on any atom is -0.313 e. The Balaban J connectivity index is 1.96. The molecule has 0 amide bonds. The van der Waals surface area contributed by atoms with Crippen LogP contribution in [0.5, 0.6) is 0 Å². The van der Waals surface area contributed by atoms with Crippen molar-refractivity contribution in [3.63, 3.8) is 0 Å². The summed E-state index contributed by atoms with van der Waals surface area (Å²) in [6, 6.07) is 0.675. The van der Waals surface area contributed by atoms with Gasteiger partial charge >= 0.3 is 0 Å². The largest absolute Gasteiger partial charge is 0.313 e. The molecular weight excluding hydrogens is 124 g/mol. The van der Waals surface area contributed by atoms with Crippen LogP contribution in [-0.4, -0.2) is 24.7 Å². The van der Waals surface area contributed by atoms with Gasteiger partial charge in [0.15, 0.2) is 0 Å². The second kappa shape index (κ2) is 2.21. The molecule has 2 heteroatoms. The highest BCUT2D eigenvalue weighted by Gasteiger charge is 2.39. The fourth-order valence-corrected chi connectivity index (χ4v) is 2.08. The summed E-state index contributed by atoms with van der Waals surface area (Å²) >= 11 is 0. The maximum atomic E-state index is 3.67. The van der Waals surface area contributed by atoms with Crippen molar-refractivity contribution in [2.45, 2.75) is 37.8 Å². The Hall–Kier alpha value is -0.0800. The summed E-state index contributed by atoms with van der Waals surface area (Å²) < 4.78 is 0. The van der Waals surface area contributed by atoms with Crippen LogP contribution in [0.3, 0.4) is 0 Å². The van der Waals surface area contributed by atoms with Crippen LogP contribution in [0.1, 0.15) is 26.2 Å². The van der Waals surface area contributed by atoms with Crippen molar-refractivity contribution in [2.24, 2.45) is 0 Å². The molecule has 1 aliphatic heterocycles. The van der Waals surface area contributed by atoms with Gasteiger partial charge in [-0.05, 0) is 26.2 Å². The lowest BCUT2D eigenvalue weighted by molar-refractivity contribution is 0.133. The standard InChI is InChI=1S/C8H16N2/c1-7-5-9-6-8(10-7)3-2-4-8/h7,9-10H,2-6H2,1H3. The molecule has 1 saturated carbocycles. The third-order valence-corrected chi connectivity index (χ3v) is 2.78. The SMILES string of the molecule is CC1CNCC2(CCC2)N1. The lowest BCUT2D eigenvalue weighted by Crippen LogP contribution is -2.66. The molecule has 0 aromatic heterocycles. The molecular formula is C8H16N2. The average molecular weight is 140 g/mol. The number of hydrogen-bond donors (Lipinski definition) is 2. The summed E-state index contributed by atoms with van der Waals surface area (Å²) in [4.78, 5) is 0. The first-order chi connectivity index (χ1) is 4.81. The van der Waals surface area contributed by atoms with E-state index in [2.05, 4.69) is 17.6 Å². The summed E-state index contributed by atoms with van der Waals surface area (Å²) in [6.45, 7) is 4.59. The number of hydrogen-bond acceptors (Lipinski definition) is 2. The molecule has 58 valence electrons. The van der Waals surface area contributed by atoms with Gasteiger partial charge in [-0.2, -0.15) is 0 Å². The van der Waals surface area contributed by atoms with E-state index in [9.17, 15) is 0 Å². The van der Waals surface area contributed by atoms with E-state index >= 15 is 0 Å². The first-order valence-corrected chi connectivity index (χ1v) is 4.29. The second-order valence-corrected chi connectivity index (χ2v) is 3.81. The van der Waals surface area contributed by atoms with Crippen LogP contribution in [0.4, 0.5) is 0 Å². The monoisotopic (exact) mass is 140 g/mol. The molecule has 1 saturated heterocycles. The zero-order valence-corrected chi connectivity index (χ0v) is 6.61. The third-order valence-electron chi connectivity index (χ3n) is 2.78. The summed E-state index contributed by atoms with van der Waals surface area (Å²) in [5, 5.41) is 7.13. The molecule has 2 fully saturated rings. The van der Waals surface area contributed by atoms with Gasteiger partial charge in [0.2, 0.25) is 0 Å². The molecule has 2 rings (SSSR count). The summed E-state index contributed by atoms with van der Waals surface area (Å²) in [5.74, 6) is 0. The Kier molecular flexibility index (Phi) is 1.46. The van der Waals surface area contributed by atoms with Gasteiger partial charge in [-0.25, -0.2) is 0 Å². The van der Waals surface area contributed by atoms with Crippen LogP contribution >= 0.6 is 0 Å². The van der Waals surface area contributed by atoms with Gasteiger partial charge in [0.05, 0.1) is 0 Å². The van der Waals surface area contributed by atoms with Gasteiger partial charge in [-0.15, -0.1) is 0 Å². The summed E-state index contributed by atoms with van der Waals surface area (Å²) in [5.41, 5.74) is 0.512. The van der Waals surface area contributed by atoms with Crippen molar-refractivity contribution >= 4 is 0 Å². The Morgan fingerprint density at radius 3 is 2.60 bits per heavy atom. The zero-order chi connectivity index (χ0) is 7.03. The van der Waals surface area contributed by atoms with Gasteiger partial charge in [0.25, 0.3) is 0 Å². The molecule has 2 aliphatic rings. The van der Waals surface area contributed by atoms with Crippen molar-refractivity contribution < 1.29 is 0 Å². The molecule has 1 unspecified atom stereocenters. The predicted octanol–water partition coefficient (Wildman–Crippen LogP) is 0.490. The summed E-state index contributed by atoms with van der Waals surface area (Å²) in [7, 11) is 0. The van der Waals surface area contributed by atoms with Gasteiger partial charge in [0.1, 0.15) is 0 Å². The highest BCUT2D eigenvalue weighted by Crippen LogP contribution is 2.32. The van der Waals surface area contributed by atoms with Crippen LogP contribution in [0.25, 0.3) is 0 Å². The third kappa shape index (κ3) is 0.956. The van der Waals surface area contributed by atoms with Crippen molar-refractivity contribution in [3.05, 3.63) is 0 Å². The molecule has 0 radical (unpaired) electrons. The molecule has 2 N–H and O–H groups in total. The molecule has 1 atom stereocenters. The highest BCUT2D eigenvalue weighted by atomic mass is 15.1. The average Bonchev–Trinajstić information content (AvgIpc) is 1.85.